The Balaban J connectivity index is 1.21. The normalized spacial score (nSPS) is 21.1. The summed E-state index contributed by atoms with van der Waals surface area (Å²) < 4.78 is 54.2. The van der Waals surface area contributed by atoms with Gasteiger partial charge in [0.2, 0.25) is 0 Å². The maximum Gasteiger partial charge on any atom is 0.344 e. The van der Waals surface area contributed by atoms with Crippen LogP contribution in [0.15, 0.2) is 42.7 Å². The predicted octanol–water partition coefficient (Wildman–Crippen LogP) is 6.03. The van der Waals surface area contributed by atoms with Crippen molar-refractivity contribution in [1.82, 2.24) is 34.5 Å². The van der Waals surface area contributed by atoms with Crippen LogP contribution in [0.3, 0.4) is 0 Å². The molecule has 51 heavy (non-hydrogen) atoms. The number of anilines is 1. The van der Waals surface area contributed by atoms with E-state index in [1.165, 1.54) is 29.1 Å². The fraction of sp³-hybridized carbons (Fsp3) is 0.432. The van der Waals surface area contributed by atoms with Crippen LogP contribution in [0.2, 0.25) is 0 Å². The third kappa shape index (κ3) is 5.88. The van der Waals surface area contributed by atoms with Crippen molar-refractivity contribution in [1.29, 1.82) is 0 Å². The van der Waals surface area contributed by atoms with Crippen molar-refractivity contribution in [2.75, 3.05) is 50.8 Å². The molecule has 6 heterocycles. The predicted molar refractivity (Wildman–Crippen MR) is 186 cm³/mol. The van der Waals surface area contributed by atoms with Crippen molar-refractivity contribution < 1.29 is 27.8 Å². The van der Waals surface area contributed by atoms with E-state index in [0.717, 1.165) is 25.1 Å². The average molecular weight is 701 g/mol. The van der Waals surface area contributed by atoms with Crippen molar-refractivity contribution in [3.8, 4) is 23.0 Å². The zero-order chi connectivity index (χ0) is 35.4. The molecule has 3 aromatic heterocycles. The third-order valence-corrected chi connectivity index (χ3v) is 10.6. The van der Waals surface area contributed by atoms with Gasteiger partial charge >= 0.3 is 12.0 Å². The fourth-order valence-electron chi connectivity index (χ4n) is 8.18. The molecule has 11 nitrogen and oxygen atoms in total. The number of fused-ring (bicyclic) bond motifs is 3. The van der Waals surface area contributed by atoms with Gasteiger partial charge in [-0.3, -0.25) is 9.88 Å². The van der Waals surface area contributed by atoms with Crippen LogP contribution in [0.1, 0.15) is 43.9 Å². The first-order chi connectivity index (χ1) is 24.6. The van der Waals surface area contributed by atoms with Crippen molar-refractivity contribution in [2.24, 2.45) is 0 Å². The molecule has 2 aromatic carbocycles. The Kier molecular flexibility index (Phi) is 8.44. The van der Waals surface area contributed by atoms with Gasteiger partial charge in [-0.05, 0) is 79.8 Å². The van der Waals surface area contributed by atoms with Crippen LogP contribution in [-0.2, 0) is 6.42 Å². The summed E-state index contributed by atoms with van der Waals surface area (Å²) in [6, 6.07) is 7.28. The number of amides is 1. The van der Waals surface area contributed by atoms with Gasteiger partial charge in [0.1, 0.15) is 41.4 Å². The maximum atomic E-state index is 17.0. The van der Waals surface area contributed by atoms with Crippen LogP contribution in [0.25, 0.3) is 32.9 Å². The lowest BCUT2D eigenvalue weighted by Crippen LogP contribution is -2.43. The molecule has 0 radical (unpaired) electrons. The Labute approximate surface area is 292 Å². The third-order valence-electron chi connectivity index (χ3n) is 10.6. The molecule has 8 rings (SSSR count). The molecule has 3 aliphatic heterocycles. The molecule has 5 aromatic rings. The van der Waals surface area contributed by atoms with Crippen LogP contribution >= 0.6 is 0 Å². The molecular formula is C37H39F3N8O3. The van der Waals surface area contributed by atoms with E-state index in [1.54, 1.807) is 23.2 Å². The van der Waals surface area contributed by atoms with E-state index in [1.807, 2.05) is 18.7 Å². The molecule has 3 aliphatic rings. The zero-order valence-electron chi connectivity index (χ0n) is 28.6. The number of benzene rings is 2. The first kappa shape index (κ1) is 33.2. The highest BCUT2D eigenvalue weighted by molar-refractivity contribution is 6.01. The van der Waals surface area contributed by atoms with Crippen LogP contribution in [-0.4, -0.2) is 103 Å². The number of phenols is 1. The lowest BCUT2D eigenvalue weighted by atomic mass is 9.94. The molecular weight excluding hydrogens is 661 g/mol. The maximum absolute atomic E-state index is 17.0. The minimum absolute atomic E-state index is 0.0503. The number of phenolic OH excluding ortho intramolecular Hbond substituents is 1. The Hall–Kier alpha value is -4.98. The van der Waals surface area contributed by atoms with Gasteiger partial charge in [0, 0.05) is 57.1 Å². The number of aryl methyl sites for hydroxylation is 2. The number of hydrogen-bond donors (Lipinski definition) is 1. The average Bonchev–Trinajstić information content (AvgIpc) is 3.74. The summed E-state index contributed by atoms with van der Waals surface area (Å²) in [7, 11) is 0. The summed E-state index contributed by atoms with van der Waals surface area (Å²) in [5.74, 6) is -0.923. The molecule has 2 atom stereocenters. The van der Waals surface area contributed by atoms with Gasteiger partial charge in [0.05, 0.1) is 16.6 Å². The van der Waals surface area contributed by atoms with E-state index in [4.69, 9.17) is 9.72 Å². The topological polar surface area (TPSA) is 113 Å². The van der Waals surface area contributed by atoms with E-state index in [0.29, 0.717) is 79.5 Å². The molecule has 0 unspecified atom stereocenters. The second-order valence-electron chi connectivity index (χ2n) is 13.9. The molecule has 0 saturated carbocycles. The Morgan fingerprint density at radius 1 is 1.08 bits per heavy atom. The molecule has 3 fully saturated rings. The largest absolute Gasteiger partial charge is 0.508 e. The van der Waals surface area contributed by atoms with Gasteiger partial charge in [0.25, 0.3) is 0 Å². The molecule has 1 amide bonds. The summed E-state index contributed by atoms with van der Waals surface area (Å²) in [5.41, 5.74) is 0.733. The lowest BCUT2D eigenvalue weighted by Gasteiger charge is -2.31. The summed E-state index contributed by atoms with van der Waals surface area (Å²) >= 11 is 0. The fourth-order valence-corrected chi connectivity index (χ4v) is 8.18. The first-order valence-electron chi connectivity index (χ1n) is 17.5. The van der Waals surface area contributed by atoms with E-state index in [2.05, 4.69) is 20.0 Å². The van der Waals surface area contributed by atoms with Crippen LogP contribution in [0.5, 0.6) is 11.8 Å². The van der Waals surface area contributed by atoms with Gasteiger partial charge in [-0.1, -0.05) is 13.0 Å². The minimum Gasteiger partial charge on any atom is -0.508 e. The molecule has 266 valence electrons. The number of alkyl halides is 1. The first-order valence-corrected chi connectivity index (χ1v) is 17.5. The number of aromatic nitrogens is 5. The van der Waals surface area contributed by atoms with E-state index >= 15 is 8.78 Å². The Morgan fingerprint density at radius 3 is 2.75 bits per heavy atom. The Morgan fingerprint density at radius 2 is 1.94 bits per heavy atom. The quantitative estimate of drug-likeness (QED) is 0.227. The Bertz CT molecular complexity index is 2160. The number of carbonyl (C=O) groups is 1. The van der Waals surface area contributed by atoms with Crippen molar-refractivity contribution in [3.63, 3.8) is 0 Å². The van der Waals surface area contributed by atoms with Gasteiger partial charge in [-0.2, -0.15) is 19.7 Å². The molecule has 1 N–H and O–H groups in total. The van der Waals surface area contributed by atoms with E-state index in [9.17, 15) is 14.3 Å². The highest BCUT2D eigenvalue weighted by atomic mass is 19.1. The summed E-state index contributed by atoms with van der Waals surface area (Å²) in [6.45, 7) is 6.68. The number of halogens is 3. The number of rotatable bonds is 6. The smallest absolute Gasteiger partial charge is 0.344 e. The molecule has 0 spiro atoms. The van der Waals surface area contributed by atoms with Gasteiger partial charge in [-0.25, -0.2) is 18.0 Å². The van der Waals surface area contributed by atoms with Crippen LogP contribution in [0, 0.1) is 18.6 Å². The van der Waals surface area contributed by atoms with Gasteiger partial charge in [0.15, 0.2) is 5.82 Å². The number of aromatic hydroxyl groups is 1. The number of carbonyl (C=O) groups excluding carboxylic acids is 1. The summed E-state index contributed by atoms with van der Waals surface area (Å²) in [4.78, 5) is 33.0. The standard InChI is InChI=1S/C37H39F3N8O3/c1-3-26-29(39)7-6-23-16-25(49)17-27(30(23)26)32-31(40)33-28(19-41-32)34(43-35(42-33)51-21-37-9-4-12-47(37)20-24(38)18-37)45-10-5-11-46(15-14-45)36(50)48-13-8-22(2)44-48/h6-8,13,16-17,19,24,49H,3-5,9-12,14-15,18,20-21H2,1-2H3/t24-,37+/m1/s1. The number of ether oxygens (including phenoxy) is 1. The van der Waals surface area contributed by atoms with Crippen LogP contribution in [0.4, 0.5) is 23.8 Å². The second-order valence-corrected chi connectivity index (χ2v) is 13.9. The van der Waals surface area contributed by atoms with E-state index in [-0.39, 0.29) is 41.2 Å². The number of hydrogen-bond acceptors (Lipinski definition) is 9. The SMILES string of the molecule is CCc1c(F)ccc2cc(O)cc(-c3ncc4c(N5CCCN(C(=O)n6ccc(C)n6)CC5)nc(OC[C@@]56CCCN5C[C@H](F)C6)nc4c3F)c12. The lowest BCUT2D eigenvalue weighted by molar-refractivity contribution is 0.107. The molecule has 0 aliphatic carbocycles. The highest BCUT2D eigenvalue weighted by Gasteiger charge is 2.49. The minimum atomic E-state index is -0.948. The van der Waals surface area contributed by atoms with Crippen molar-refractivity contribution in [3.05, 3.63) is 65.6 Å². The van der Waals surface area contributed by atoms with Gasteiger partial charge < -0.3 is 19.6 Å². The molecule has 3 saturated heterocycles. The van der Waals surface area contributed by atoms with Gasteiger partial charge in [-0.15, -0.1) is 0 Å². The monoisotopic (exact) mass is 700 g/mol. The molecule has 0 bridgehead atoms. The summed E-state index contributed by atoms with van der Waals surface area (Å²) in [6.07, 6.45) is 5.20. The number of pyridine rings is 1. The van der Waals surface area contributed by atoms with Crippen molar-refractivity contribution >= 4 is 33.5 Å². The molecule has 14 heteroatoms. The van der Waals surface area contributed by atoms with E-state index < -0.39 is 23.3 Å². The van der Waals surface area contributed by atoms with Crippen LogP contribution < -0.4 is 9.64 Å². The zero-order valence-corrected chi connectivity index (χ0v) is 28.6. The highest BCUT2D eigenvalue weighted by Crippen LogP contribution is 2.42. The van der Waals surface area contributed by atoms with Crippen molar-refractivity contribution in [2.45, 2.75) is 57.7 Å². The second kappa shape index (κ2) is 13.0. The number of nitrogens with zero attached hydrogens (tertiary/aromatic N) is 8. The summed E-state index contributed by atoms with van der Waals surface area (Å²) in [5, 5.41) is 16.2.